The van der Waals surface area contributed by atoms with Crippen molar-refractivity contribution in [1.82, 2.24) is 0 Å². The summed E-state index contributed by atoms with van der Waals surface area (Å²) in [7, 11) is 0. The quantitative estimate of drug-likeness (QED) is 0.768. The summed E-state index contributed by atoms with van der Waals surface area (Å²) < 4.78 is 13.3. The number of nitrogens with two attached hydrogens (primary N) is 1. The van der Waals surface area contributed by atoms with E-state index in [1.807, 2.05) is 13.0 Å². The summed E-state index contributed by atoms with van der Waals surface area (Å²) in [6.45, 7) is 3.75. The van der Waals surface area contributed by atoms with Crippen molar-refractivity contribution in [2.75, 3.05) is 13.2 Å². The van der Waals surface area contributed by atoms with Crippen LogP contribution >= 0.6 is 0 Å². The summed E-state index contributed by atoms with van der Waals surface area (Å²) in [5.41, 5.74) is 6.38. The Kier molecular flexibility index (Phi) is 3.24. The Bertz CT molecular complexity index is 321. The summed E-state index contributed by atoms with van der Waals surface area (Å²) in [6, 6.07) is 4.86. The molecule has 1 atom stereocenters. The van der Waals surface area contributed by atoms with Crippen LogP contribution in [-0.4, -0.2) is 18.3 Å². The molecule has 0 amide bonds. The van der Waals surface area contributed by atoms with Crippen molar-refractivity contribution in [3.8, 4) is 0 Å². The molecule has 0 aliphatic carbocycles. The predicted molar refractivity (Wildman–Crippen MR) is 54.6 cm³/mol. The highest BCUT2D eigenvalue weighted by Crippen LogP contribution is 2.26. The number of aliphatic hydroxyl groups excluding tert-OH is 1. The molecule has 1 unspecified atom stereocenters. The lowest BCUT2D eigenvalue weighted by molar-refractivity contribution is 0.209. The molecular weight excluding hydrogens is 181 g/mol. The lowest BCUT2D eigenvalue weighted by atomic mass is 9.81. The van der Waals surface area contributed by atoms with Crippen molar-refractivity contribution in [1.29, 1.82) is 0 Å². The van der Waals surface area contributed by atoms with Gasteiger partial charge in [0.05, 0.1) is 6.61 Å². The molecule has 0 aliphatic heterocycles. The first kappa shape index (κ1) is 11.1. The van der Waals surface area contributed by atoms with E-state index >= 15 is 0 Å². The van der Waals surface area contributed by atoms with Gasteiger partial charge in [-0.15, -0.1) is 0 Å². The van der Waals surface area contributed by atoms with Crippen LogP contribution in [0.4, 0.5) is 4.39 Å². The third-order valence-corrected chi connectivity index (χ3v) is 2.72. The molecule has 0 saturated carbocycles. The smallest absolute Gasteiger partial charge is 0.126 e. The van der Waals surface area contributed by atoms with Crippen LogP contribution in [-0.2, 0) is 5.41 Å². The molecule has 0 heterocycles. The van der Waals surface area contributed by atoms with Crippen molar-refractivity contribution in [2.24, 2.45) is 5.73 Å². The minimum absolute atomic E-state index is 0.0756. The standard InChI is InChI=1S/C11H16FNO/c1-8-9(4-3-5-10(8)12)11(2,6-13)7-14/h3-5,14H,6-7,13H2,1-2H3. The van der Waals surface area contributed by atoms with Crippen molar-refractivity contribution in [3.63, 3.8) is 0 Å². The van der Waals surface area contributed by atoms with Crippen molar-refractivity contribution < 1.29 is 9.50 Å². The highest BCUT2D eigenvalue weighted by molar-refractivity contribution is 5.34. The van der Waals surface area contributed by atoms with Crippen molar-refractivity contribution >= 4 is 0 Å². The molecule has 3 N–H and O–H groups in total. The normalized spacial score (nSPS) is 15.2. The number of rotatable bonds is 3. The number of hydrogen-bond acceptors (Lipinski definition) is 2. The molecule has 0 radical (unpaired) electrons. The predicted octanol–water partition coefficient (Wildman–Crippen LogP) is 1.34. The Labute approximate surface area is 83.6 Å². The minimum atomic E-state index is -0.549. The molecular formula is C11H16FNO. The average molecular weight is 197 g/mol. The first-order valence-corrected chi connectivity index (χ1v) is 4.61. The molecule has 3 heteroatoms. The molecule has 2 nitrogen and oxygen atoms in total. The molecule has 0 aliphatic rings. The van der Waals surface area contributed by atoms with Gasteiger partial charge < -0.3 is 10.8 Å². The summed E-state index contributed by atoms with van der Waals surface area (Å²) in [4.78, 5) is 0. The van der Waals surface area contributed by atoms with Crippen LogP contribution in [0.15, 0.2) is 18.2 Å². The third-order valence-electron chi connectivity index (χ3n) is 2.72. The maximum atomic E-state index is 13.3. The van der Waals surface area contributed by atoms with E-state index in [0.717, 1.165) is 5.56 Å². The monoisotopic (exact) mass is 197 g/mol. The van der Waals surface area contributed by atoms with Crippen LogP contribution in [0, 0.1) is 12.7 Å². The van der Waals surface area contributed by atoms with E-state index in [1.165, 1.54) is 6.07 Å². The topological polar surface area (TPSA) is 46.2 Å². The van der Waals surface area contributed by atoms with Gasteiger partial charge >= 0.3 is 0 Å². The molecule has 1 aromatic rings. The van der Waals surface area contributed by atoms with Crippen molar-refractivity contribution in [2.45, 2.75) is 19.3 Å². The van der Waals surface area contributed by atoms with Crippen LogP contribution < -0.4 is 5.73 Å². The van der Waals surface area contributed by atoms with Gasteiger partial charge in [-0.3, -0.25) is 0 Å². The molecule has 0 saturated heterocycles. The lowest BCUT2D eigenvalue weighted by Gasteiger charge is -2.27. The largest absolute Gasteiger partial charge is 0.395 e. The minimum Gasteiger partial charge on any atom is -0.395 e. The average Bonchev–Trinajstić information content (AvgIpc) is 2.21. The zero-order valence-electron chi connectivity index (χ0n) is 8.55. The summed E-state index contributed by atoms with van der Waals surface area (Å²) in [6.07, 6.45) is 0. The second kappa shape index (κ2) is 4.07. The van der Waals surface area contributed by atoms with E-state index < -0.39 is 5.41 Å². The molecule has 0 aromatic heterocycles. The van der Waals surface area contributed by atoms with E-state index in [9.17, 15) is 9.50 Å². The SMILES string of the molecule is Cc1c(F)cccc1C(C)(CN)CO. The zero-order valence-corrected chi connectivity index (χ0v) is 8.55. The molecule has 0 fully saturated rings. The highest BCUT2D eigenvalue weighted by Gasteiger charge is 2.26. The number of hydrogen-bond donors (Lipinski definition) is 2. The Balaban J connectivity index is 3.24. The fourth-order valence-electron chi connectivity index (χ4n) is 1.52. The van der Waals surface area contributed by atoms with Gasteiger partial charge in [0.1, 0.15) is 5.82 Å². The fraction of sp³-hybridized carbons (Fsp3) is 0.455. The molecule has 14 heavy (non-hydrogen) atoms. The molecule has 1 aromatic carbocycles. The Morgan fingerprint density at radius 2 is 2.14 bits per heavy atom. The fourth-order valence-corrected chi connectivity index (χ4v) is 1.52. The van der Waals surface area contributed by atoms with E-state index in [0.29, 0.717) is 12.1 Å². The first-order chi connectivity index (χ1) is 6.55. The van der Waals surface area contributed by atoms with Crippen molar-refractivity contribution in [3.05, 3.63) is 35.1 Å². The number of halogens is 1. The molecule has 0 bridgehead atoms. The van der Waals surface area contributed by atoms with E-state index in [2.05, 4.69) is 0 Å². The summed E-state index contributed by atoms with van der Waals surface area (Å²) >= 11 is 0. The van der Waals surface area contributed by atoms with E-state index in [1.54, 1.807) is 13.0 Å². The second-order valence-corrected chi connectivity index (χ2v) is 3.84. The van der Waals surface area contributed by atoms with Crippen LogP contribution in [0.1, 0.15) is 18.1 Å². The Morgan fingerprint density at radius 1 is 1.50 bits per heavy atom. The van der Waals surface area contributed by atoms with Crippen LogP contribution in [0.2, 0.25) is 0 Å². The molecule has 78 valence electrons. The van der Waals surface area contributed by atoms with Gasteiger partial charge in [-0.25, -0.2) is 4.39 Å². The van der Waals surface area contributed by atoms with Gasteiger partial charge in [0.25, 0.3) is 0 Å². The number of aliphatic hydroxyl groups is 1. The highest BCUT2D eigenvalue weighted by atomic mass is 19.1. The van der Waals surface area contributed by atoms with Gasteiger partial charge in [-0.2, -0.15) is 0 Å². The summed E-state index contributed by atoms with van der Waals surface area (Å²) in [5.74, 6) is -0.254. The third kappa shape index (κ3) is 1.79. The summed E-state index contributed by atoms with van der Waals surface area (Å²) in [5, 5.41) is 9.25. The van der Waals surface area contributed by atoms with Crippen LogP contribution in [0.5, 0.6) is 0 Å². The molecule has 1 rings (SSSR count). The molecule has 0 spiro atoms. The Hall–Kier alpha value is -0.930. The zero-order chi connectivity index (χ0) is 10.8. The maximum absolute atomic E-state index is 13.3. The van der Waals surface area contributed by atoms with Gasteiger partial charge in [-0.1, -0.05) is 19.1 Å². The van der Waals surface area contributed by atoms with Crippen LogP contribution in [0.3, 0.4) is 0 Å². The number of benzene rings is 1. The van der Waals surface area contributed by atoms with Gasteiger partial charge in [0.15, 0.2) is 0 Å². The van der Waals surface area contributed by atoms with Gasteiger partial charge in [0, 0.05) is 12.0 Å². The second-order valence-electron chi connectivity index (χ2n) is 3.84. The first-order valence-electron chi connectivity index (χ1n) is 4.61. The van der Waals surface area contributed by atoms with Gasteiger partial charge in [0.2, 0.25) is 0 Å². The van der Waals surface area contributed by atoms with Crippen LogP contribution in [0.25, 0.3) is 0 Å². The van der Waals surface area contributed by atoms with Gasteiger partial charge in [-0.05, 0) is 24.1 Å². The lowest BCUT2D eigenvalue weighted by Crippen LogP contribution is -2.36. The van der Waals surface area contributed by atoms with E-state index in [4.69, 9.17) is 5.73 Å². The maximum Gasteiger partial charge on any atom is 0.126 e. The van der Waals surface area contributed by atoms with E-state index in [-0.39, 0.29) is 12.4 Å². The Morgan fingerprint density at radius 3 is 2.64 bits per heavy atom.